The number of hydrogen-bond donors (Lipinski definition) is 2. The van der Waals surface area contributed by atoms with Gasteiger partial charge in [0.1, 0.15) is 22.4 Å². The van der Waals surface area contributed by atoms with Crippen molar-refractivity contribution in [2.45, 2.75) is 31.6 Å². The number of para-hydroxylation sites is 1. The van der Waals surface area contributed by atoms with Gasteiger partial charge in [0.2, 0.25) is 5.91 Å². The number of amides is 4. The van der Waals surface area contributed by atoms with Gasteiger partial charge in [-0.05, 0) is 56.8 Å². The minimum Gasteiger partial charge on any atom is -0.508 e. The summed E-state index contributed by atoms with van der Waals surface area (Å²) in [4.78, 5) is 52.4. The summed E-state index contributed by atoms with van der Waals surface area (Å²) in [6.45, 7) is 4.61. The maximum Gasteiger partial charge on any atom is 0.414 e. The Labute approximate surface area is 207 Å². The van der Waals surface area contributed by atoms with Crippen LogP contribution in [0, 0.1) is 0 Å². The van der Waals surface area contributed by atoms with E-state index < -0.39 is 34.0 Å². The van der Waals surface area contributed by atoms with Gasteiger partial charge in [0.25, 0.3) is 11.1 Å². The van der Waals surface area contributed by atoms with Crippen LogP contribution in [-0.4, -0.2) is 59.3 Å². The van der Waals surface area contributed by atoms with Crippen LogP contribution in [0.4, 0.5) is 21.0 Å². The Bertz CT molecular complexity index is 1120. The van der Waals surface area contributed by atoms with Gasteiger partial charge in [0, 0.05) is 19.7 Å². The Balaban J connectivity index is 1.95. The summed E-state index contributed by atoms with van der Waals surface area (Å²) in [5, 5.41) is 10.9. The molecule has 35 heavy (non-hydrogen) atoms. The Morgan fingerprint density at radius 3 is 2.37 bits per heavy atom. The van der Waals surface area contributed by atoms with Crippen LogP contribution in [0.3, 0.4) is 0 Å². The first-order chi connectivity index (χ1) is 16.4. The number of carbonyl (C=O) groups is 4. The molecule has 2 aromatic rings. The maximum atomic E-state index is 13.3. The summed E-state index contributed by atoms with van der Waals surface area (Å²) in [6, 6.07) is 12.8. The smallest absolute Gasteiger partial charge is 0.414 e. The van der Waals surface area contributed by atoms with E-state index in [1.165, 1.54) is 30.1 Å². The third-order valence-electron chi connectivity index (χ3n) is 4.80. The Kier molecular flexibility index (Phi) is 7.90. The Morgan fingerprint density at radius 1 is 1.09 bits per heavy atom. The molecule has 0 bridgehead atoms. The van der Waals surface area contributed by atoms with Gasteiger partial charge >= 0.3 is 6.09 Å². The van der Waals surface area contributed by atoms with E-state index in [0.29, 0.717) is 5.75 Å². The molecule has 1 heterocycles. The molecule has 1 atom stereocenters. The molecule has 0 saturated carbocycles. The molecular formula is C24H27N3O7S. The van der Waals surface area contributed by atoms with Crippen LogP contribution in [0.5, 0.6) is 11.5 Å². The van der Waals surface area contributed by atoms with Gasteiger partial charge in [-0.3, -0.25) is 24.6 Å². The van der Waals surface area contributed by atoms with Crippen molar-refractivity contribution in [2.24, 2.45) is 0 Å². The summed E-state index contributed by atoms with van der Waals surface area (Å²) >= 11 is 0.771. The van der Waals surface area contributed by atoms with Crippen molar-refractivity contribution in [3.8, 4) is 11.5 Å². The molecule has 186 valence electrons. The van der Waals surface area contributed by atoms with Crippen molar-refractivity contribution in [1.82, 2.24) is 5.32 Å². The highest BCUT2D eigenvalue weighted by Gasteiger charge is 2.36. The van der Waals surface area contributed by atoms with Crippen molar-refractivity contribution in [1.29, 1.82) is 0 Å². The number of aromatic hydroxyl groups is 1. The Hall–Kier alpha value is -3.73. The number of thioether (sulfide) groups is 1. The van der Waals surface area contributed by atoms with Crippen LogP contribution in [-0.2, 0) is 14.3 Å². The van der Waals surface area contributed by atoms with Gasteiger partial charge in [-0.25, -0.2) is 4.79 Å². The zero-order valence-electron chi connectivity index (χ0n) is 19.8. The van der Waals surface area contributed by atoms with Crippen molar-refractivity contribution in [2.75, 3.05) is 30.0 Å². The zero-order valence-corrected chi connectivity index (χ0v) is 20.6. The number of nitrogens with zero attached hydrogens (tertiary/aromatic N) is 2. The van der Waals surface area contributed by atoms with Crippen LogP contribution in [0.25, 0.3) is 0 Å². The zero-order chi connectivity index (χ0) is 25.8. The number of carbonyl (C=O) groups excluding carboxylic acids is 4. The quantitative estimate of drug-likeness (QED) is 0.590. The predicted octanol–water partition coefficient (Wildman–Crippen LogP) is 3.53. The van der Waals surface area contributed by atoms with E-state index in [9.17, 15) is 24.3 Å². The first-order valence-corrected chi connectivity index (χ1v) is 11.6. The third kappa shape index (κ3) is 6.89. The molecule has 1 aliphatic rings. The van der Waals surface area contributed by atoms with Crippen molar-refractivity contribution in [3.05, 3.63) is 48.5 Å². The standard InChI is InChI=1S/C24H27N3O7S/c1-24(2,3)34-23(32)26(4)18-12-15(28)10-11-17(18)27(13-19-21(30)25-22(31)35-19)20(29)14-33-16-8-6-5-7-9-16/h5-12,19,28H,13-14H2,1-4H3,(H,25,30,31). The SMILES string of the molecule is CN(C(=O)OC(C)(C)C)c1cc(O)ccc1N(CC1SC(=O)NC1=O)C(=O)COc1ccccc1. The summed E-state index contributed by atoms with van der Waals surface area (Å²) in [5.41, 5.74) is -0.382. The number of nitrogens with one attached hydrogen (secondary N) is 1. The first kappa shape index (κ1) is 25.9. The van der Waals surface area contributed by atoms with Gasteiger partial charge in [-0.15, -0.1) is 0 Å². The molecule has 0 radical (unpaired) electrons. The lowest BCUT2D eigenvalue weighted by Gasteiger charge is -2.30. The molecule has 2 N–H and O–H groups in total. The lowest BCUT2D eigenvalue weighted by molar-refractivity contribution is -0.120. The van der Waals surface area contributed by atoms with E-state index in [1.54, 1.807) is 45.0 Å². The molecule has 1 aliphatic heterocycles. The first-order valence-electron chi connectivity index (χ1n) is 10.7. The van der Waals surface area contributed by atoms with Crippen LogP contribution >= 0.6 is 11.8 Å². The van der Waals surface area contributed by atoms with E-state index in [-0.39, 0.29) is 30.3 Å². The summed E-state index contributed by atoms with van der Waals surface area (Å²) < 4.78 is 11.0. The molecule has 1 fully saturated rings. The summed E-state index contributed by atoms with van der Waals surface area (Å²) in [6.07, 6.45) is -0.708. The van der Waals surface area contributed by atoms with Crippen molar-refractivity contribution in [3.63, 3.8) is 0 Å². The number of benzene rings is 2. The van der Waals surface area contributed by atoms with Crippen molar-refractivity contribution >= 4 is 46.3 Å². The van der Waals surface area contributed by atoms with E-state index in [4.69, 9.17) is 9.47 Å². The van der Waals surface area contributed by atoms with Gasteiger partial charge in [0.15, 0.2) is 6.61 Å². The number of anilines is 2. The molecular weight excluding hydrogens is 474 g/mol. The van der Waals surface area contributed by atoms with E-state index in [2.05, 4.69) is 5.32 Å². The highest BCUT2D eigenvalue weighted by molar-refractivity contribution is 8.15. The van der Waals surface area contributed by atoms with E-state index in [1.807, 2.05) is 6.07 Å². The number of phenolic OH excluding ortho intramolecular Hbond substituents is 1. The maximum absolute atomic E-state index is 13.3. The predicted molar refractivity (Wildman–Crippen MR) is 132 cm³/mol. The van der Waals surface area contributed by atoms with Crippen LogP contribution in [0.15, 0.2) is 48.5 Å². The van der Waals surface area contributed by atoms with Crippen LogP contribution in [0.1, 0.15) is 20.8 Å². The van der Waals surface area contributed by atoms with Crippen molar-refractivity contribution < 1.29 is 33.8 Å². The Morgan fingerprint density at radius 2 is 1.77 bits per heavy atom. The average molecular weight is 502 g/mol. The molecule has 0 aliphatic carbocycles. The topological polar surface area (TPSA) is 125 Å². The number of imide groups is 1. The third-order valence-corrected chi connectivity index (χ3v) is 5.76. The minimum atomic E-state index is -0.864. The van der Waals surface area contributed by atoms with E-state index >= 15 is 0 Å². The van der Waals surface area contributed by atoms with E-state index in [0.717, 1.165) is 16.7 Å². The molecule has 0 aromatic heterocycles. The number of ether oxygens (including phenoxy) is 2. The van der Waals surface area contributed by atoms with Gasteiger partial charge < -0.3 is 19.5 Å². The molecule has 1 saturated heterocycles. The fourth-order valence-corrected chi connectivity index (χ4v) is 4.00. The van der Waals surface area contributed by atoms with Gasteiger partial charge in [-0.1, -0.05) is 18.2 Å². The fraction of sp³-hybridized carbons (Fsp3) is 0.333. The minimum absolute atomic E-state index is 0.143. The van der Waals surface area contributed by atoms with Crippen LogP contribution < -0.4 is 19.9 Å². The molecule has 4 amide bonds. The normalized spacial score (nSPS) is 15.4. The lowest BCUT2D eigenvalue weighted by Crippen LogP contribution is -2.43. The van der Waals surface area contributed by atoms with Gasteiger partial charge in [-0.2, -0.15) is 0 Å². The monoisotopic (exact) mass is 501 g/mol. The second kappa shape index (κ2) is 10.7. The van der Waals surface area contributed by atoms with Gasteiger partial charge in [0.05, 0.1) is 11.4 Å². The average Bonchev–Trinajstić information content (AvgIpc) is 3.11. The molecule has 2 aromatic carbocycles. The highest BCUT2D eigenvalue weighted by atomic mass is 32.2. The molecule has 3 rings (SSSR count). The molecule has 1 unspecified atom stereocenters. The number of phenols is 1. The highest BCUT2D eigenvalue weighted by Crippen LogP contribution is 2.35. The second-order valence-corrected chi connectivity index (χ2v) is 9.88. The van der Waals surface area contributed by atoms with Crippen LogP contribution in [0.2, 0.25) is 0 Å². The lowest BCUT2D eigenvalue weighted by atomic mass is 10.2. The molecule has 11 heteroatoms. The number of rotatable bonds is 7. The molecule has 0 spiro atoms. The molecule has 10 nitrogen and oxygen atoms in total. The second-order valence-electron chi connectivity index (χ2n) is 8.70. The summed E-state index contributed by atoms with van der Waals surface area (Å²) in [5.74, 6) is -0.718. The fourth-order valence-electron chi connectivity index (χ4n) is 3.19. The largest absolute Gasteiger partial charge is 0.508 e. The summed E-state index contributed by atoms with van der Waals surface area (Å²) in [7, 11) is 1.44. The number of hydrogen-bond acceptors (Lipinski definition) is 8.